The molecule has 4 heteroatoms. The zero-order valence-corrected chi connectivity index (χ0v) is 7.77. The average molecular weight is 182 g/mol. The highest BCUT2D eigenvalue weighted by atomic mass is 16.5. The second-order valence-corrected chi connectivity index (χ2v) is 2.90. The summed E-state index contributed by atoms with van der Waals surface area (Å²) >= 11 is 0. The third kappa shape index (κ3) is 2.40. The standard InChI is InChI=1S/C9H14N2O2/c1-6(12)9(10)7-3-4-11-8(5-7)13-2/h3-6,9,12H,10H2,1-2H3/t6-,9-/m0/s1. The normalized spacial score (nSPS) is 15.1. The van der Waals surface area contributed by atoms with E-state index in [1.807, 2.05) is 0 Å². The van der Waals surface area contributed by atoms with Gasteiger partial charge in [-0.25, -0.2) is 4.98 Å². The molecule has 72 valence electrons. The van der Waals surface area contributed by atoms with Gasteiger partial charge in [-0.1, -0.05) is 0 Å². The van der Waals surface area contributed by atoms with Crippen molar-refractivity contribution < 1.29 is 9.84 Å². The summed E-state index contributed by atoms with van der Waals surface area (Å²) in [6, 6.07) is 3.09. The minimum atomic E-state index is -0.577. The fourth-order valence-electron chi connectivity index (χ4n) is 1.02. The van der Waals surface area contributed by atoms with E-state index in [1.54, 1.807) is 32.4 Å². The molecule has 4 nitrogen and oxygen atoms in total. The highest BCUT2D eigenvalue weighted by Crippen LogP contribution is 2.17. The highest BCUT2D eigenvalue weighted by Gasteiger charge is 2.12. The van der Waals surface area contributed by atoms with Gasteiger partial charge < -0.3 is 15.6 Å². The maximum absolute atomic E-state index is 9.25. The largest absolute Gasteiger partial charge is 0.481 e. The summed E-state index contributed by atoms with van der Waals surface area (Å²) in [7, 11) is 1.54. The Morgan fingerprint density at radius 1 is 1.62 bits per heavy atom. The molecular weight excluding hydrogens is 168 g/mol. The molecule has 0 saturated carbocycles. The van der Waals surface area contributed by atoms with Crippen LogP contribution in [0.3, 0.4) is 0 Å². The quantitative estimate of drug-likeness (QED) is 0.713. The molecule has 0 aromatic carbocycles. The minimum absolute atomic E-state index is 0.392. The molecule has 0 bridgehead atoms. The molecule has 0 amide bonds. The number of rotatable bonds is 3. The fraction of sp³-hybridized carbons (Fsp3) is 0.444. The fourth-order valence-corrected chi connectivity index (χ4v) is 1.02. The number of aliphatic hydroxyl groups is 1. The molecule has 0 aliphatic rings. The molecule has 0 aliphatic carbocycles. The highest BCUT2D eigenvalue weighted by molar-refractivity contribution is 5.23. The van der Waals surface area contributed by atoms with Gasteiger partial charge in [-0.15, -0.1) is 0 Å². The van der Waals surface area contributed by atoms with Crippen molar-refractivity contribution in [3.05, 3.63) is 23.9 Å². The Labute approximate surface area is 77.4 Å². The van der Waals surface area contributed by atoms with E-state index < -0.39 is 12.1 Å². The summed E-state index contributed by atoms with van der Waals surface area (Å²) in [5.41, 5.74) is 6.55. The van der Waals surface area contributed by atoms with E-state index in [9.17, 15) is 5.11 Å². The number of nitrogens with zero attached hydrogens (tertiary/aromatic N) is 1. The molecule has 0 saturated heterocycles. The first-order chi connectivity index (χ1) is 6.15. The molecule has 0 radical (unpaired) electrons. The topological polar surface area (TPSA) is 68.4 Å². The third-order valence-corrected chi connectivity index (χ3v) is 1.87. The zero-order chi connectivity index (χ0) is 9.84. The monoisotopic (exact) mass is 182 g/mol. The summed E-state index contributed by atoms with van der Waals surface area (Å²) in [4.78, 5) is 3.94. The molecule has 2 atom stereocenters. The van der Waals surface area contributed by atoms with E-state index >= 15 is 0 Å². The molecule has 1 rings (SSSR count). The van der Waals surface area contributed by atoms with Crippen LogP contribution in [0.4, 0.5) is 0 Å². The number of aromatic nitrogens is 1. The number of methoxy groups -OCH3 is 1. The van der Waals surface area contributed by atoms with Gasteiger partial charge in [0, 0.05) is 12.3 Å². The SMILES string of the molecule is COc1cc([C@@H](N)[C@H](C)O)ccn1. The van der Waals surface area contributed by atoms with Crippen molar-refractivity contribution >= 4 is 0 Å². The van der Waals surface area contributed by atoms with Crippen LogP contribution in [0.1, 0.15) is 18.5 Å². The maximum atomic E-state index is 9.25. The Bertz CT molecular complexity index is 276. The molecule has 0 spiro atoms. The van der Waals surface area contributed by atoms with Crippen molar-refractivity contribution in [1.82, 2.24) is 4.98 Å². The second-order valence-electron chi connectivity index (χ2n) is 2.90. The lowest BCUT2D eigenvalue weighted by atomic mass is 10.1. The molecule has 1 aromatic heterocycles. The van der Waals surface area contributed by atoms with Crippen LogP contribution in [0.2, 0.25) is 0 Å². The summed E-state index contributed by atoms with van der Waals surface area (Å²) < 4.78 is 4.94. The first kappa shape index (κ1) is 9.95. The number of hydrogen-bond acceptors (Lipinski definition) is 4. The number of ether oxygens (including phenoxy) is 1. The van der Waals surface area contributed by atoms with Crippen molar-refractivity contribution in [1.29, 1.82) is 0 Å². The van der Waals surface area contributed by atoms with E-state index in [-0.39, 0.29) is 0 Å². The van der Waals surface area contributed by atoms with Crippen LogP contribution in [0.25, 0.3) is 0 Å². The predicted molar refractivity (Wildman–Crippen MR) is 49.4 cm³/mol. The summed E-state index contributed by atoms with van der Waals surface area (Å²) in [6.45, 7) is 1.65. The van der Waals surface area contributed by atoms with E-state index in [1.165, 1.54) is 0 Å². The van der Waals surface area contributed by atoms with E-state index in [4.69, 9.17) is 10.5 Å². The molecule has 13 heavy (non-hydrogen) atoms. The Kier molecular flexibility index (Phi) is 3.22. The van der Waals surface area contributed by atoms with Crippen molar-refractivity contribution in [2.75, 3.05) is 7.11 Å². The van der Waals surface area contributed by atoms with Gasteiger partial charge in [-0.05, 0) is 18.6 Å². The van der Waals surface area contributed by atoms with Gasteiger partial charge in [0.2, 0.25) is 5.88 Å². The van der Waals surface area contributed by atoms with Gasteiger partial charge in [0.05, 0.1) is 19.3 Å². The summed E-state index contributed by atoms with van der Waals surface area (Å²) in [5, 5.41) is 9.25. The molecule has 0 aliphatic heterocycles. The van der Waals surface area contributed by atoms with Crippen LogP contribution in [-0.4, -0.2) is 23.3 Å². The lowest BCUT2D eigenvalue weighted by molar-refractivity contribution is 0.164. The molecule has 3 N–H and O–H groups in total. The number of aliphatic hydroxyl groups excluding tert-OH is 1. The molecule has 0 fully saturated rings. The number of hydrogen-bond donors (Lipinski definition) is 2. The van der Waals surface area contributed by atoms with Crippen LogP contribution >= 0.6 is 0 Å². The molecule has 0 unspecified atom stereocenters. The van der Waals surface area contributed by atoms with Crippen molar-refractivity contribution in [2.24, 2.45) is 5.73 Å². The first-order valence-corrected chi connectivity index (χ1v) is 4.08. The first-order valence-electron chi connectivity index (χ1n) is 4.08. The third-order valence-electron chi connectivity index (χ3n) is 1.87. The van der Waals surface area contributed by atoms with Gasteiger partial charge in [-0.2, -0.15) is 0 Å². The summed E-state index contributed by atoms with van der Waals surface area (Å²) in [5.74, 6) is 0.508. The van der Waals surface area contributed by atoms with Gasteiger partial charge in [0.25, 0.3) is 0 Å². The maximum Gasteiger partial charge on any atom is 0.213 e. The second kappa shape index (κ2) is 4.20. The van der Waals surface area contributed by atoms with Crippen LogP contribution in [0.15, 0.2) is 18.3 Å². The van der Waals surface area contributed by atoms with Crippen LogP contribution in [-0.2, 0) is 0 Å². The average Bonchev–Trinajstić information content (AvgIpc) is 2.16. The smallest absolute Gasteiger partial charge is 0.213 e. The molecular formula is C9H14N2O2. The Balaban J connectivity index is 2.88. The van der Waals surface area contributed by atoms with Gasteiger partial charge >= 0.3 is 0 Å². The van der Waals surface area contributed by atoms with Crippen LogP contribution in [0, 0.1) is 0 Å². The number of pyridine rings is 1. The predicted octanol–water partition coefficient (Wildman–Crippen LogP) is 0.471. The van der Waals surface area contributed by atoms with Crippen LogP contribution in [0.5, 0.6) is 5.88 Å². The molecule has 1 aromatic rings. The van der Waals surface area contributed by atoms with Crippen molar-refractivity contribution in [2.45, 2.75) is 19.1 Å². The Morgan fingerprint density at radius 2 is 2.31 bits per heavy atom. The van der Waals surface area contributed by atoms with E-state index in [0.29, 0.717) is 5.88 Å². The minimum Gasteiger partial charge on any atom is -0.481 e. The Hall–Kier alpha value is -1.13. The van der Waals surface area contributed by atoms with Crippen molar-refractivity contribution in [3.63, 3.8) is 0 Å². The molecule has 1 heterocycles. The van der Waals surface area contributed by atoms with Gasteiger partial charge in [0.1, 0.15) is 0 Å². The van der Waals surface area contributed by atoms with E-state index in [2.05, 4.69) is 4.98 Å². The van der Waals surface area contributed by atoms with Crippen molar-refractivity contribution in [3.8, 4) is 5.88 Å². The number of nitrogens with two attached hydrogens (primary N) is 1. The van der Waals surface area contributed by atoms with Crippen LogP contribution < -0.4 is 10.5 Å². The van der Waals surface area contributed by atoms with E-state index in [0.717, 1.165) is 5.56 Å². The Morgan fingerprint density at radius 3 is 2.85 bits per heavy atom. The van der Waals surface area contributed by atoms with Gasteiger partial charge in [-0.3, -0.25) is 0 Å². The lowest BCUT2D eigenvalue weighted by Gasteiger charge is -2.14. The van der Waals surface area contributed by atoms with Gasteiger partial charge in [0.15, 0.2) is 0 Å². The zero-order valence-electron chi connectivity index (χ0n) is 7.77. The summed E-state index contributed by atoms with van der Waals surface area (Å²) in [6.07, 6.45) is 1.03. The lowest BCUT2D eigenvalue weighted by Crippen LogP contribution is -2.23.